The van der Waals surface area contributed by atoms with Crippen molar-refractivity contribution in [2.45, 2.75) is 20.0 Å². The number of halogens is 2. The van der Waals surface area contributed by atoms with Crippen molar-refractivity contribution in [3.05, 3.63) is 116 Å². The second-order valence-corrected chi connectivity index (χ2v) is 11.9. The number of amides is 2. The minimum Gasteiger partial charge on any atom is -0.478 e. The summed E-state index contributed by atoms with van der Waals surface area (Å²) in [6, 6.07) is 15.2. The van der Waals surface area contributed by atoms with Gasteiger partial charge in [0.1, 0.15) is 16.5 Å². The number of carboxylic acids is 1. The zero-order valence-corrected chi connectivity index (χ0v) is 27.2. The number of anilines is 1. The van der Waals surface area contributed by atoms with Crippen LogP contribution in [0.4, 0.5) is 19.3 Å². The third kappa shape index (κ3) is 7.05. The van der Waals surface area contributed by atoms with Crippen LogP contribution in [-0.2, 0) is 17.8 Å². The maximum Gasteiger partial charge on any atom is 0.337 e. The normalized spacial score (nSPS) is 11.3. The van der Waals surface area contributed by atoms with Gasteiger partial charge in [-0.25, -0.2) is 27.7 Å². The summed E-state index contributed by atoms with van der Waals surface area (Å²) in [6.07, 6.45) is 0. The molecule has 250 valence electrons. The van der Waals surface area contributed by atoms with Crippen molar-refractivity contribution < 1.29 is 28.2 Å². The quantitative estimate of drug-likeness (QED) is 0.167. The fourth-order valence-electron chi connectivity index (χ4n) is 5.25. The molecule has 14 heteroatoms. The van der Waals surface area contributed by atoms with Gasteiger partial charge in [-0.05, 0) is 73.6 Å². The van der Waals surface area contributed by atoms with E-state index in [4.69, 9.17) is 4.74 Å². The zero-order valence-electron chi connectivity index (χ0n) is 26.4. The number of urea groups is 1. The molecular weight excluding hydrogens is 644 g/mol. The van der Waals surface area contributed by atoms with Crippen LogP contribution in [0.25, 0.3) is 26.3 Å². The summed E-state index contributed by atoms with van der Waals surface area (Å²) >= 11 is 1.14. The molecule has 0 atom stereocenters. The van der Waals surface area contributed by atoms with Crippen molar-refractivity contribution in [3.63, 3.8) is 0 Å². The van der Waals surface area contributed by atoms with Crippen molar-refractivity contribution in [3.8, 4) is 16.1 Å². The number of fused-ring (bicyclic) bond motifs is 1. The lowest BCUT2D eigenvalue weighted by atomic mass is 10.1. The van der Waals surface area contributed by atoms with Gasteiger partial charge in [-0.15, -0.1) is 11.3 Å². The van der Waals surface area contributed by atoms with Gasteiger partial charge < -0.3 is 20.5 Å². The zero-order chi connectivity index (χ0) is 34.5. The summed E-state index contributed by atoms with van der Waals surface area (Å²) in [5.41, 5.74) is -0.0630. The van der Waals surface area contributed by atoms with Crippen LogP contribution in [0.3, 0.4) is 0 Å². The highest BCUT2D eigenvalue weighted by molar-refractivity contribution is 7.22. The summed E-state index contributed by atoms with van der Waals surface area (Å²) in [5.74, 6) is -2.90. The predicted octanol–water partition coefficient (Wildman–Crippen LogP) is 5.13. The summed E-state index contributed by atoms with van der Waals surface area (Å²) in [5, 5.41) is 15.0. The van der Waals surface area contributed by atoms with Crippen LogP contribution in [0.15, 0.2) is 76.3 Å². The SMILES string of the molecule is CCNC(=O)Nc1ccc(-c2sc3c(c2CN(C)CCOC)c(=O)n(-c2ccc(C(=O)O)cc2)c(=O)n3Cc2c(F)cccc2F)cc1. The Labute approximate surface area is 277 Å². The number of nitrogens with one attached hydrogen (secondary N) is 2. The number of aromatic carboxylic acids is 1. The Morgan fingerprint density at radius 2 is 1.65 bits per heavy atom. The number of nitrogens with zero attached hydrogens (tertiary/aromatic N) is 3. The number of carboxylic acid groups (broad SMARTS) is 1. The first-order valence-corrected chi connectivity index (χ1v) is 15.8. The molecule has 0 spiro atoms. The number of likely N-dealkylation sites (N-methyl/N-ethyl adjacent to an activating group) is 1. The molecule has 0 radical (unpaired) electrons. The molecule has 0 saturated heterocycles. The minimum absolute atomic E-state index is 0.0509. The van der Waals surface area contributed by atoms with Crippen LogP contribution < -0.4 is 21.9 Å². The van der Waals surface area contributed by atoms with Gasteiger partial charge >= 0.3 is 17.7 Å². The Morgan fingerprint density at radius 1 is 0.979 bits per heavy atom. The number of carbonyl (C=O) groups is 2. The fraction of sp³-hybridized carbons (Fsp3) is 0.235. The monoisotopic (exact) mass is 677 g/mol. The van der Waals surface area contributed by atoms with E-state index in [0.29, 0.717) is 41.4 Å². The van der Waals surface area contributed by atoms with E-state index in [1.54, 1.807) is 38.3 Å². The molecule has 0 saturated carbocycles. The van der Waals surface area contributed by atoms with Gasteiger partial charge in [0, 0.05) is 42.9 Å². The van der Waals surface area contributed by atoms with Crippen LogP contribution in [0.2, 0.25) is 0 Å². The van der Waals surface area contributed by atoms with Crippen LogP contribution in [0.1, 0.15) is 28.4 Å². The molecule has 5 aromatic rings. The van der Waals surface area contributed by atoms with Crippen molar-refractivity contribution in [2.75, 3.05) is 39.2 Å². The highest BCUT2D eigenvalue weighted by Gasteiger charge is 2.26. The van der Waals surface area contributed by atoms with Crippen molar-refractivity contribution >= 4 is 39.2 Å². The number of aromatic nitrogens is 2. The molecule has 5 rings (SSSR count). The first-order chi connectivity index (χ1) is 23.0. The lowest BCUT2D eigenvalue weighted by Crippen LogP contribution is -2.39. The van der Waals surface area contributed by atoms with Crippen LogP contribution in [-0.4, -0.2) is 65.0 Å². The molecule has 0 fully saturated rings. The molecule has 0 aliphatic rings. The molecule has 3 aromatic carbocycles. The Balaban J connectivity index is 1.79. The average molecular weight is 678 g/mol. The minimum atomic E-state index is -1.19. The highest BCUT2D eigenvalue weighted by Crippen LogP contribution is 2.38. The number of methoxy groups -OCH3 is 1. The lowest BCUT2D eigenvalue weighted by Gasteiger charge is -2.18. The molecular formula is C34H33F2N5O6S. The summed E-state index contributed by atoms with van der Waals surface area (Å²) in [6.45, 7) is 2.89. The van der Waals surface area contributed by atoms with Crippen molar-refractivity contribution in [1.29, 1.82) is 0 Å². The second kappa shape index (κ2) is 14.7. The standard InChI is InChI=1S/C34H33F2N5O6S/c1-4-37-33(45)38-22-12-8-20(9-13-22)29-25(18-39(2)16-17-47-3)28-30(42)41(23-14-10-21(11-15-23)32(43)44)34(46)40(31(28)48-29)19-24-26(35)6-5-7-27(24)36/h5-15H,4,16-19H2,1-3H3,(H,43,44)(H2,37,38,45). The molecule has 11 nitrogen and oxygen atoms in total. The summed E-state index contributed by atoms with van der Waals surface area (Å²) in [7, 11) is 3.42. The number of carbonyl (C=O) groups excluding carboxylic acids is 1. The predicted molar refractivity (Wildman–Crippen MR) is 180 cm³/mol. The van der Waals surface area contributed by atoms with E-state index < -0.39 is 35.4 Å². The average Bonchev–Trinajstić information content (AvgIpc) is 3.43. The smallest absolute Gasteiger partial charge is 0.337 e. The number of rotatable bonds is 12. The van der Waals surface area contributed by atoms with Gasteiger partial charge in [0.25, 0.3) is 5.56 Å². The maximum atomic E-state index is 15.0. The Kier molecular flexibility index (Phi) is 10.5. The Hall–Kier alpha value is -5.18. The maximum absolute atomic E-state index is 15.0. The summed E-state index contributed by atoms with van der Waals surface area (Å²) < 4.78 is 37.3. The second-order valence-electron chi connectivity index (χ2n) is 10.9. The van der Waals surface area contributed by atoms with E-state index in [0.717, 1.165) is 28.0 Å². The van der Waals surface area contributed by atoms with Crippen LogP contribution in [0, 0.1) is 11.6 Å². The van der Waals surface area contributed by atoms with Crippen LogP contribution in [0.5, 0.6) is 0 Å². The van der Waals surface area contributed by atoms with E-state index >= 15 is 0 Å². The lowest BCUT2D eigenvalue weighted by molar-refractivity contribution is 0.0697. The van der Waals surface area contributed by atoms with Gasteiger partial charge in [-0.2, -0.15) is 0 Å². The largest absolute Gasteiger partial charge is 0.478 e. The van der Waals surface area contributed by atoms with Gasteiger partial charge in [0.2, 0.25) is 0 Å². The Bertz CT molecular complexity index is 2070. The first kappa shape index (κ1) is 34.2. The molecule has 2 amide bonds. The first-order valence-electron chi connectivity index (χ1n) is 14.9. The number of ether oxygens (including phenoxy) is 1. The van der Waals surface area contributed by atoms with E-state index in [2.05, 4.69) is 10.6 Å². The molecule has 0 unspecified atom stereocenters. The van der Waals surface area contributed by atoms with E-state index in [1.807, 2.05) is 11.9 Å². The highest BCUT2D eigenvalue weighted by atomic mass is 32.1. The van der Waals surface area contributed by atoms with Gasteiger partial charge in [0.05, 0.1) is 29.8 Å². The third-order valence-corrected chi connectivity index (χ3v) is 8.97. The molecule has 48 heavy (non-hydrogen) atoms. The summed E-state index contributed by atoms with van der Waals surface area (Å²) in [4.78, 5) is 54.9. The number of hydrogen-bond acceptors (Lipinski definition) is 7. The Morgan fingerprint density at radius 3 is 2.25 bits per heavy atom. The molecule has 0 bridgehead atoms. The molecule has 2 aromatic heterocycles. The van der Waals surface area contributed by atoms with Gasteiger partial charge in [-0.1, -0.05) is 18.2 Å². The van der Waals surface area contributed by atoms with E-state index in [9.17, 15) is 33.1 Å². The van der Waals surface area contributed by atoms with Crippen molar-refractivity contribution in [1.82, 2.24) is 19.4 Å². The molecule has 3 N–H and O–H groups in total. The number of benzene rings is 3. The van der Waals surface area contributed by atoms with Crippen molar-refractivity contribution in [2.24, 2.45) is 0 Å². The van der Waals surface area contributed by atoms with E-state index in [-0.39, 0.29) is 39.6 Å². The molecule has 0 aliphatic carbocycles. The number of thiophene rings is 1. The van der Waals surface area contributed by atoms with Gasteiger partial charge in [-0.3, -0.25) is 14.3 Å². The fourth-order valence-corrected chi connectivity index (χ4v) is 6.55. The van der Waals surface area contributed by atoms with Gasteiger partial charge in [0.15, 0.2) is 0 Å². The third-order valence-electron chi connectivity index (χ3n) is 7.67. The topological polar surface area (TPSA) is 135 Å². The number of hydrogen-bond donors (Lipinski definition) is 3. The molecule has 2 heterocycles. The van der Waals surface area contributed by atoms with Crippen LogP contribution >= 0.6 is 11.3 Å². The molecule has 0 aliphatic heterocycles. The van der Waals surface area contributed by atoms with E-state index in [1.165, 1.54) is 34.9 Å².